The molecule has 0 aliphatic carbocycles. The van der Waals surface area contributed by atoms with Crippen LogP contribution in [0, 0.1) is 0 Å². The van der Waals surface area contributed by atoms with Crippen molar-refractivity contribution in [3.8, 4) is 28.3 Å². The number of nitrogens with one attached hydrogen (secondary N) is 1. The number of halogens is 1. The molecule has 0 radical (unpaired) electrons. The fourth-order valence-corrected chi connectivity index (χ4v) is 3.66. The predicted molar refractivity (Wildman–Crippen MR) is 120 cm³/mol. The average Bonchev–Trinajstić information content (AvgIpc) is 3.20. The number of carbonyl (C=O) groups excluding carboxylic acids is 1. The summed E-state index contributed by atoms with van der Waals surface area (Å²) in [6.07, 6.45) is 0. The monoisotopic (exact) mass is 436 g/mol. The number of nitrogens with zero attached hydrogens (tertiary/aromatic N) is 1. The maximum atomic E-state index is 12.3. The van der Waals surface area contributed by atoms with Crippen molar-refractivity contribution < 1.29 is 14.3 Å². The van der Waals surface area contributed by atoms with Gasteiger partial charge in [0.15, 0.2) is 5.76 Å². The van der Waals surface area contributed by atoms with E-state index < -0.39 is 0 Å². The van der Waals surface area contributed by atoms with Crippen molar-refractivity contribution in [3.05, 3.63) is 83.9 Å². The third-order valence-electron chi connectivity index (χ3n) is 4.25. The number of anilines is 1. The molecule has 3 aromatic carbocycles. The highest BCUT2D eigenvalue weighted by atomic mass is 35.5. The molecule has 30 heavy (non-hydrogen) atoms. The molecule has 0 saturated heterocycles. The number of thioether (sulfide) groups is 1. The molecule has 0 aliphatic heterocycles. The van der Waals surface area contributed by atoms with Crippen LogP contribution >= 0.6 is 23.4 Å². The number of amides is 1. The first-order valence-electron chi connectivity index (χ1n) is 9.13. The highest BCUT2D eigenvalue weighted by molar-refractivity contribution is 7.99. The zero-order chi connectivity index (χ0) is 20.9. The number of benzene rings is 3. The van der Waals surface area contributed by atoms with Crippen LogP contribution in [0.1, 0.15) is 0 Å². The molecule has 0 bridgehead atoms. The van der Waals surface area contributed by atoms with Gasteiger partial charge in [0.2, 0.25) is 5.91 Å². The Balaban J connectivity index is 1.54. The molecule has 5 nitrogen and oxygen atoms in total. The lowest BCUT2D eigenvalue weighted by Gasteiger charge is -2.06. The summed E-state index contributed by atoms with van der Waals surface area (Å²) in [5.41, 5.74) is 2.82. The van der Waals surface area contributed by atoms with Crippen LogP contribution in [-0.4, -0.2) is 21.8 Å². The van der Waals surface area contributed by atoms with Crippen LogP contribution in [0.4, 0.5) is 5.69 Å². The molecule has 0 atom stereocenters. The Hall–Kier alpha value is -3.22. The van der Waals surface area contributed by atoms with E-state index in [1.54, 1.807) is 6.07 Å². The first kappa shape index (κ1) is 20.1. The van der Waals surface area contributed by atoms with E-state index in [2.05, 4.69) is 10.3 Å². The van der Waals surface area contributed by atoms with Gasteiger partial charge >= 0.3 is 0 Å². The van der Waals surface area contributed by atoms with Gasteiger partial charge in [-0.15, -0.1) is 0 Å². The molecule has 0 spiro atoms. The largest absolute Gasteiger partial charge is 0.506 e. The number of phenols is 1. The van der Waals surface area contributed by atoms with E-state index in [-0.39, 0.29) is 23.1 Å². The number of carbonyl (C=O) groups is 1. The molecular formula is C23H17ClN2O3S. The lowest BCUT2D eigenvalue weighted by atomic mass is 10.1. The van der Waals surface area contributed by atoms with E-state index in [1.807, 2.05) is 60.7 Å². The van der Waals surface area contributed by atoms with Gasteiger partial charge < -0.3 is 14.8 Å². The maximum absolute atomic E-state index is 12.3. The molecule has 1 amide bonds. The van der Waals surface area contributed by atoms with Gasteiger partial charge in [-0.1, -0.05) is 84.0 Å². The molecule has 7 heteroatoms. The summed E-state index contributed by atoms with van der Waals surface area (Å²) in [4.78, 5) is 16.9. The lowest BCUT2D eigenvalue weighted by molar-refractivity contribution is -0.113. The summed E-state index contributed by atoms with van der Waals surface area (Å²) in [7, 11) is 0. The first-order valence-corrected chi connectivity index (χ1v) is 10.5. The fraction of sp³-hybridized carbons (Fsp3) is 0.0435. The molecule has 4 rings (SSSR count). The van der Waals surface area contributed by atoms with Crippen LogP contribution in [0.15, 0.2) is 88.5 Å². The minimum absolute atomic E-state index is 0.0494. The van der Waals surface area contributed by atoms with Gasteiger partial charge in [-0.05, 0) is 18.2 Å². The topological polar surface area (TPSA) is 75.4 Å². The first-order chi connectivity index (χ1) is 14.6. The summed E-state index contributed by atoms with van der Waals surface area (Å²) in [6, 6.07) is 23.9. The van der Waals surface area contributed by atoms with Gasteiger partial charge in [-0.25, -0.2) is 4.98 Å². The van der Waals surface area contributed by atoms with Crippen molar-refractivity contribution in [2.75, 3.05) is 11.1 Å². The number of hydrogen-bond acceptors (Lipinski definition) is 5. The Labute approximate surface area is 182 Å². The fourth-order valence-electron chi connectivity index (χ4n) is 2.86. The SMILES string of the molecule is O=C(CSc1nc(-c2ccccc2)c(-c2ccccc2)o1)Nc1cc(Cl)ccc1O. The molecule has 4 aromatic rings. The van der Waals surface area contributed by atoms with E-state index in [1.165, 1.54) is 23.9 Å². The number of rotatable bonds is 6. The number of hydrogen-bond donors (Lipinski definition) is 2. The summed E-state index contributed by atoms with van der Waals surface area (Å²) in [6.45, 7) is 0. The second-order valence-corrected chi connectivity index (χ2v) is 7.75. The van der Waals surface area contributed by atoms with Gasteiger partial charge in [-0.3, -0.25) is 4.79 Å². The van der Waals surface area contributed by atoms with Gasteiger partial charge in [0.25, 0.3) is 5.22 Å². The van der Waals surface area contributed by atoms with E-state index >= 15 is 0 Å². The summed E-state index contributed by atoms with van der Waals surface area (Å²) < 4.78 is 6.00. The smallest absolute Gasteiger partial charge is 0.257 e. The average molecular weight is 437 g/mol. The van der Waals surface area contributed by atoms with Crippen LogP contribution < -0.4 is 5.32 Å². The molecule has 0 unspecified atom stereocenters. The third-order valence-corrected chi connectivity index (χ3v) is 5.31. The zero-order valence-corrected chi connectivity index (χ0v) is 17.3. The molecular weight excluding hydrogens is 420 g/mol. The molecule has 0 saturated carbocycles. The minimum atomic E-state index is -0.307. The standard InChI is InChI=1S/C23H17ClN2O3S/c24-17-11-12-19(27)18(13-17)25-20(28)14-30-23-26-21(15-7-3-1-4-8-15)22(29-23)16-9-5-2-6-10-16/h1-13,27H,14H2,(H,25,28). The Morgan fingerprint density at radius 1 is 1.00 bits per heavy atom. The van der Waals surface area contributed by atoms with Gasteiger partial charge in [0.05, 0.1) is 11.4 Å². The summed E-state index contributed by atoms with van der Waals surface area (Å²) in [5.74, 6) is 0.358. The Morgan fingerprint density at radius 3 is 2.37 bits per heavy atom. The van der Waals surface area contributed by atoms with Crippen molar-refractivity contribution in [2.45, 2.75) is 5.22 Å². The summed E-state index contributed by atoms with van der Waals surface area (Å²) >= 11 is 7.09. The van der Waals surface area contributed by atoms with Crippen molar-refractivity contribution in [1.82, 2.24) is 4.98 Å². The van der Waals surface area contributed by atoms with Crippen LogP contribution in [0.5, 0.6) is 5.75 Å². The van der Waals surface area contributed by atoms with E-state index in [0.29, 0.717) is 16.0 Å². The predicted octanol–water partition coefficient (Wildman–Crippen LogP) is 6.10. The molecule has 0 fully saturated rings. The van der Waals surface area contributed by atoms with Crippen LogP contribution in [0.25, 0.3) is 22.6 Å². The maximum Gasteiger partial charge on any atom is 0.257 e. The van der Waals surface area contributed by atoms with Crippen LogP contribution in [-0.2, 0) is 4.79 Å². The van der Waals surface area contributed by atoms with Crippen molar-refractivity contribution in [3.63, 3.8) is 0 Å². The van der Waals surface area contributed by atoms with Crippen molar-refractivity contribution in [2.24, 2.45) is 0 Å². The molecule has 150 valence electrons. The van der Waals surface area contributed by atoms with Crippen LogP contribution in [0.2, 0.25) is 5.02 Å². The number of aromatic hydroxyl groups is 1. The third kappa shape index (κ3) is 4.67. The van der Waals surface area contributed by atoms with E-state index in [9.17, 15) is 9.90 Å². The Kier molecular flexibility index (Phi) is 6.07. The zero-order valence-electron chi connectivity index (χ0n) is 15.7. The van der Waals surface area contributed by atoms with Gasteiger partial charge in [0.1, 0.15) is 11.4 Å². The van der Waals surface area contributed by atoms with Gasteiger partial charge in [0, 0.05) is 16.1 Å². The normalized spacial score (nSPS) is 10.7. The Morgan fingerprint density at radius 2 is 1.67 bits per heavy atom. The minimum Gasteiger partial charge on any atom is -0.506 e. The lowest BCUT2D eigenvalue weighted by Crippen LogP contribution is -2.14. The van der Waals surface area contributed by atoms with Crippen LogP contribution in [0.3, 0.4) is 0 Å². The van der Waals surface area contributed by atoms with E-state index in [0.717, 1.165) is 16.8 Å². The highest BCUT2D eigenvalue weighted by Crippen LogP contribution is 2.35. The van der Waals surface area contributed by atoms with Crippen molar-refractivity contribution in [1.29, 1.82) is 0 Å². The molecule has 1 heterocycles. The number of phenolic OH excluding ortho intramolecular Hbond substituents is 1. The highest BCUT2D eigenvalue weighted by Gasteiger charge is 2.18. The summed E-state index contributed by atoms with van der Waals surface area (Å²) in [5, 5.41) is 13.3. The second-order valence-electron chi connectivity index (χ2n) is 6.39. The van der Waals surface area contributed by atoms with Crippen molar-refractivity contribution >= 4 is 35.0 Å². The molecule has 0 aliphatic rings. The van der Waals surface area contributed by atoms with Gasteiger partial charge in [-0.2, -0.15) is 0 Å². The number of oxazole rings is 1. The molecule has 2 N–H and O–H groups in total. The van der Waals surface area contributed by atoms with E-state index in [4.69, 9.17) is 16.0 Å². The molecule has 1 aromatic heterocycles. The second kappa shape index (κ2) is 9.07. The quantitative estimate of drug-likeness (QED) is 0.282. The number of aromatic nitrogens is 1. The Bertz CT molecular complexity index is 1110.